The zero-order valence-electron chi connectivity index (χ0n) is 4.89. The van der Waals surface area contributed by atoms with Gasteiger partial charge >= 0.3 is 6.03 Å². The van der Waals surface area contributed by atoms with Crippen LogP contribution in [0.3, 0.4) is 0 Å². The van der Waals surface area contributed by atoms with Crippen molar-refractivity contribution in [2.45, 2.75) is 0 Å². The van der Waals surface area contributed by atoms with E-state index in [4.69, 9.17) is 0 Å². The molecule has 0 spiro atoms. The van der Waals surface area contributed by atoms with Gasteiger partial charge in [-0.25, -0.2) is 9.79 Å². The fraction of sp³-hybridized carbons (Fsp3) is 0. The second kappa shape index (κ2) is 2.77. The molecule has 0 aromatic rings. The first kappa shape index (κ1) is 6.47. The molecule has 0 aromatic heterocycles. The maximum atomic E-state index is 10.3. The topological polar surface area (TPSA) is 71.2 Å². The van der Waals surface area contributed by atoms with Crippen molar-refractivity contribution >= 4 is 30.6 Å². The van der Waals surface area contributed by atoms with E-state index in [2.05, 4.69) is 15.0 Å². The summed E-state index contributed by atoms with van der Waals surface area (Å²) in [5.74, 6) is 0. The van der Waals surface area contributed by atoms with Gasteiger partial charge in [0.25, 0.3) is 0 Å². The van der Waals surface area contributed by atoms with Crippen LogP contribution in [0.5, 0.6) is 0 Å². The Labute approximate surface area is 56.2 Å². The monoisotopic (exact) mass is 137 g/mol. The van der Waals surface area contributed by atoms with Crippen LogP contribution in [0, 0.1) is 0 Å². The van der Waals surface area contributed by atoms with Gasteiger partial charge in [-0.05, 0) is 0 Å². The van der Waals surface area contributed by atoms with Crippen LogP contribution in [-0.4, -0.2) is 30.6 Å². The van der Waals surface area contributed by atoms with E-state index >= 15 is 0 Å². The lowest BCUT2D eigenvalue weighted by Crippen LogP contribution is -2.09. The Bertz CT molecular complexity index is 234. The number of carbonyl (C=O) groups excluding carboxylic acids is 2. The van der Waals surface area contributed by atoms with E-state index in [0.717, 1.165) is 0 Å². The molecule has 3 amide bonds. The van der Waals surface area contributed by atoms with Crippen molar-refractivity contribution in [2.75, 3.05) is 0 Å². The number of urea groups is 1. The number of hydrogen-bond acceptors (Lipinski definition) is 2. The molecular weight excluding hydrogens is 134 g/mol. The molecule has 0 fully saturated rings. The van der Waals surface area contributed by atoms with Gasteiger partial charge < -0.3 is 0 Å². The maximum Gasteiger partial charge on any atom is 0.367 e. The summed E-state index contributed by atoms with van der Waals surface area (Å²) >= 11 is 0. The van der Waals surface area contributed by atoms with Crippen LogP contribution in [0.2, 0.25) is 0 Å². The molecule has 1 heterocycles. The SMILES string of the molecule is O=CN=C1C=NC(=O)N=C1. The van der Waals surface area contributed by atoms with E-state index in [1.165, 1.54) is 12.4 Å². The summed E-state index contributed by atoms with van der Waals surface area (Å²) in [5.41, 5.74) is 0.287. The smallest absolute Gasteiger partial charge is 0.276 e. The van der Waals surface area contributed by atoms with Gasteiger partial charge in [0.15, 0.2) is 0 Å². The van der Waals surface area contributed by atoms with Crippen molar-refractivity contribution < 1.29 is 9.59 Å². The average molecular weight is 137 g/mol. The second-order valence-corrected chi connectivity index (χ2v) is 1.46. The van der Waals surface area contributed by atoms with Crippen LogP contribution in [0.1, 0.15) is 0 Å². The zero-order chi connectivity index (χ0) is 7.40. The van der Waals surface area contributed by atoms with E-state index in [0.29, 0.717) is 6.41 Å². The lowest BCUT2D eigenvalue weighted by molar-refractivity contribution is -0.106. The summed E-state index contributed by atoms with van der Waals surface area (Å²) in [4.78, 5) is 29.9. The van der Waals surface area contributed by atoms with Crippen LogP contribution in [-0.2, 0) is 4.79 Å². The minimum absolute atomic E-state index is 0.287. The van der Waals surface area contributed by atoms with Gasteiger partial charge in [-0.1, -0.05) is 0 Å². The van der Waals surface area contributed by atoms with E-state index in [9.17, 15) is 9.59 Å². The average Bonchev–Trinajstić information content (AvgIpc) is 1.95. The molecular formula is C5H3N3O2. The highest BCUT2D eigenvalue weighted by atomic mass is 16.2. The third kappa shape index (κ3) is 1.41. The predicted octanol–water partition coefficient (Wildman–Crippen LogP) is -0.141. The summed E-state index contributed by atoms with van der Waals surface area (Å²) < 4.78 is 0. The molecule has 0 saturated carbocycles. The lowest BCUT2D eigenvalue weighted by atomic mass is 10.4. The Hall–Kier alpha value is -1.65. The first-order valence-electron chi connectivity index (χ1n) is 2.46. The Kier molecular flexibility index (Phi) is 1.79. The summed E-state index contributed by atoms with van der Waals surface area (Å²) in [6, 6.07) is -0.579. The van der Waals surface area contributed by atoms with Gasteiger partial charge in [-0.2, -0.15) is 9.98 Å². The molecule has 10 heavy (non-hydrogen) atoms. The van der Waals surface area contributed by atoms with E-state index < -0.39 is 6.03 Å². The summed E-state index contributed by atoms with van der Waals surface area (Å²) in [6.45, 7) is 0. The molecule has 0 N–H and O–H groups in total. The van der Waals surface area contributed by atoms with Crippen LogP contribution in [0.4, 0.5) is 4.79 Å². The van der Waals surface area contributed by atoms with E-state index in [1.54, 1.807) is 0 Å². The van der Waals surface area contributed by atoms with Gasteiger partial charge in [0.05, 0.1) is 12.4 Å². The second-order valence-electron chi connectivity index (χ2n) is 1.46. The third-order valence-electron chi connectivity index (χ3n) is 0.816. The van der Waals surface area contributed by atoms with Crippen molar-refractivity contribution in [3.05, 3.63) is 0 Å². The number of hydrogen-bond donors (Lipinski definition) is 0. The van der Waals surface area contributed by atoms with Crippen molar-refractivity contribution in [3.8, 4) is 0 Å². The quantitative estimate of drug-likeness (QED) is 0.472. The van der Waals surface area contributed by atoms with Crippen LogP contribution >= 0.6 is 0 Å². The molecule has 0 aromatic carbocycles. The number of carbonyl (C=O) groups is 2. The largest absolute Gasteiger partial charge is 0.367 e. The number of amides is 3. The Morgan fingerprint density at radius 2 is 2.00 bits per heavy atom. The first-order valence-corrected chi connectivity index (χ1v) is 2.46. The highest BCUT2D eigenvalue weighted by Gasteiger charge is 2.00. The molecule has 0 radical (unpaired) electrons. The predicted molar refractivity (Wildman–Crippen MR) is 35.9 cm³/mol. The fourth-order valence-electron chi connectivity index (χ4n) is 0.437. The molecule has 0 unspecified atom stereocenters. The van der Waals surface area contributed by atoms with Gasteiger partial charge in [0.1, 0.15) is 5.71 Å². The van der Waals surface area contributed by atoms with E-state index in [1.807, 2.05) is 0 Å². The van der Waals surface area contributed by atoms with E-state index in [-0.39, 0.29) is 5.71 Å². The van der Waals surface area contributed by atoms with Gasteiger partial charge in [0, 0.05) is 0 Å². The molecule has 1 aliphatic heterocycles. The molecule has 0 aliphatic carbocycles. The Morgan fingerprint density at radius 3 is 2.50 bits per heavy atom. The summed E-state index contributed by atoms with van der Waals surface area (Å²) in [7, 11) is 0. The van der Waals surface area contributed by atoms with Crippen molar-refractivity contribution in [3.63, 3.8) is 0 Å². The van der Waals surface area contributed by atoms with Gasteiger partial charge in [-0.3, -0.25) is 4.79 Å². The van der Waals surface area contributed by atoms with Crippen LogP contribution in [0.25, 0.3) is 0 Å². The van der Waals surface area contributed by atoms with Crippen LogP contribution < -0.4 is 0 Å². The highest BCUT2D eigenvalue weighted by molar-refractivity contribution is 6.58. The molecule has 0 atom stereocenters. The number of rotatable bonds is 1. The van der Waals surface area contributed by atoms with Gasteiger partial charge in [-0.15, -0.1) is 0 Å². The number of nitrogens with zero attached hydrogens (tertiary/aromatic N) is 3. The summed E-state index contributed by atoms with van der Waals surface area (Å²) in [5, 5.41) is 0. The third-order valence-corrected chi connectivity index (χ3v) is 0.816. The Balaban J connectivity index is 2.80. The molecule has 0 bridgehead atoms. The Morgan fingerprint density at radius 1 is 1.40 bits per heavy atom. The minimum Gasteiger partial charge on any atom is -0.276 e. The summed E-state index contributed by atoms with van der Waals surface area (Å²) in [6.07, 6.45) is 2.73. The number of aliphatic imine (C=N–C) groups is 3. The fourth-order valence-corrected chi connectivity index (χ4v) is 0.437. The van der Waals surface area contributed by atoms with Crippen molar-refractivity contribution in [2.24, 2.45) is 15.0 Å². The molecule has 5 heteroatoms. The van der Waals surface area contributed by atoms with Crippen molar-refractivity contribution in [1.29, 1.82) is 0 Å². The molecule has 50 valence electrons. The molecule has 1 aliphatic rings. The van der Waals surface area contributed by atoms with Crippen molar-refractivity contribution in [1.82, 2.24) is 0 Å². The molecule has 1 rings (SSSR count). The standard InChI is InChI=1S/C5H3N3O2/c9-3-8-4-1-6-5(10)7-2-4/h1-3H. The zero-order valence-corrected chi connectivity index (χ0v) is 4.89. The molecule has 0 saturated heterocycles. The molecule has 5 nitrogen and oxygen atoms in total. The minimum atomic E-state index is -0.579. The maximum absolute atomic E-state index is 10.3. The van der Waals surface area contributed by atoms with Gasteiger partial charge in [0.2, 0.25) is 6.41 Å². The highest BCUT2D eigenvalue weighted by Crippen LogP contribution is 1.85. The van der Waals surface area contributed by atoms with Crippen LogP contribution in [0.15, 0.2) is 15.0 Å². The normalized spacial score (nSPS) is 15.6. The first-order chi connectivity index (χ1) is 4.83. The lowest BCUT2D eigenvalue weighted by Gasteiger charge is -1.91.